The molecule has 0 N–H and O–H groups in total. The van der Waals surface area contributed by atoms with Crippen LogP contribution in [0.1, 0.15) is 11.1 Å². The van der Waals surface area contributed by atoms with E-state index in [0.29, 0.717) is 0 Å². The Morgan fingerprint density at radius 2 is 1.48 bits per heavy atom. The summed E-state index contributed by atoms with van der Waals surface area (Å²) < 4.78 is 6.17. The van der Waals surface area contributed by atoms with Gasteiger partial charge in [0.15, 0.2) is 5.58 Å². The van der Waals surface area contributed by atoms with Crippen molar-refractivity contribution in [2.24, 2.45) is 0 Å². The lowest BCUT2D eigenvalue weighted by Crippen LogP contribution is -1.81. The van der Waals surface area contributed by atoms with Gasteiger partial charge in [0.2, 0.25) is 0 Å². The van der Waals surface area contributed by atoms with Crippen molar-refractivity contribution in [3.63, 3.8) is 0 Å². The van der Waals surface area contributed by atoms with E-state index in [1.165, 1.54) is 11.1 Å². The first-order chi connectivity index (χ1) is 11.2. The largest absolute Gasteiger partial charge is 0.454 e. The van der Waals surface area contributed by atoms with Crippen LogP contribution >= 0.6 is 0 Å². The van der Waals surface area contributed by atoms with E-state index in [9.17, 15) is 0 Å². The first-order valence-electron chi connectivity index (χ1n) is 7.73. The normalized spacial score (nSPS) is 11.0. The predicted molar refractivity (Wildman–Crippen MR) is 94.4 cm³/mol. The van der Waals surface area contributed by atoms with Gasteiger partial charge in [-0.25, -0.2) is 0 Å². The second-order valence-electron chi connectivity index (χ2n) is 5.92. The van der Waals surface area contributed by atoms with Crippen molar-refractivity contribution in [2.45, 2.75) is 13.8 Å². The van der Waals surface area contributed by atoms with Crippen LogP contribution < -0.4 is 0 Å². The highest BCUT2D eigenvalue weighted by atomic mass is 16.3. The Morgan fingerprint density at radius 3 is 2.22 bits per heavy atom. The molecule has 2 heterocycles. The molecule has 0 aliphatic heterocycles. The zero-order chi connectivity index (χ0) is 15.8. The van der Waals surface area contributed by atoms with Crippen LogP contribution in [0.3, 0.4) is 0 Å². The summed E-state index contributed by atoms with van der Waals surface area (Å²) in [5.41, 5.74) is 7.50. The molecule has 4 aromatic rings. The van der Waals surface area contributed by atoms with Crippen LogP contribution in [0.5, 0.6) is 0 Å². The molecule has 0 aliphatic rings. The average molecular weight is 299 g/mol. The maximum atomic E-state index is 6.17. The summed E-state index contributed by atoms with van der Waals surface area (Å²) in [6, 6.07) is 20.8. The van der Waals surface area contributed by atoms with E-state index >= 15 is 0 Å². The summed E-state index contributed by atoms with van der Waals surface area (Å²) in [5.74, 6) is 0.858. The van der Waals surface area contributed by atoms with Gasteiger partial charge in [0.1, 0.15) is 11.3 Å². The minimum Gasteiger partial charge on any atom is -0.454 e. The van der Waals surface area contributed by atoms with Crippen LogP contribution in [0.4, 0.5) is 0 Å². The highest BCUT2D eigenvalue weighted by Gasteiger charge is 2.12. The molecule has 2 heteroatoms. The van der Waals surface area contributed by atoms with Gasteiger partial charge in [-0.05, 0) is 31.5 Å². The van der Waals surface area contributed by atoms with Crippen molar-refractivity contribution in [3.05, 3.63) is 78.0 Å². The van der Waals surface area contributed by atoms with Gasteiger partial charge in [-0.2, -0.15) is 0 Å². The first-order valence-corrected chi connectivity index (χ1v) is 7.73. The van der Waals surface area contributed by atoms with Gasteiger partial charge in [0.05, 0.1) is 0 Å². The molecule has 2 aromatic heterocycles. The van der Waals surface area contributed by atoms with Gasteiger partial charge in [0, 0.05) is 23.4 Å². The minimum atomic E-state index is 0.842. The van der Waals surface area contributed by atoms with Crippen molar-refractivity contribution >= 4 is 11.1 Å². The Balaban J connectivity index is 1.91. The van der Waals surface area contributed by atoms with Crippen LogP contribution in [0.15, 0.2) is 71.3 Å². The number of aromatic nitrogens is 1. The number of rotatable bonds is 2. The molecular formula is C21H17NO. The number of benzene rings is 2. The highest BCUT2D eigenvalue weighted by Crippen LogP contribution is 2.33. The van der Waals surface area contributed by atoms with E-state index in [-0.39, 0.29) is 0 Å². The highest BCUT2D eigenvalue weighted by molar-refractivity contribution is 5.92. The molecule has 112 valence electrons. The monoisotopic (exact) mass is 299 g/mol. The molecule has 0 bridgehead atoms. The molecule has 0 amide bonds. The standard InChI is InChI=1S/C21H17NO/c1-14-5-3-7-16(11-14)18-9-10-22-19-13-20(23-21(18)19)17-8-4-6-15(2)12-17/h3-13H,1-2H3. The third kappa shape index (κ3) is 2.53. The van der Waals surface area contributed by atoms with Crippen molar-refractivity contribution in [2.75, 3.05) is 0 Å². The third-order valence-electron chi connectivity index (χ3n) is 4.04. The smallest absolute Gasteiger partial charge is 0.161 e. The summed E-state index contributed by atoms with van der Waals surface area (Å²) in [7, 11) is 0. The van der Waals surface area contributed by atoms with Crippen LogP contribution in [-0.4, -0.2) is 4.98 Å². The van der Waals surface area contributed by atoms with Crippen LogP contribution in [0, 0.1) is 13.8 Å². The fourth-order valence-corrected chi connectivity index (χ4v) is 2.92. The van der Waals surface area contributed by atoms with E-state index in [2.05, 4.69) is 61.3 Å². The summed E-state index contributed by atoms with van der Waals surface area (Å²) in [6.07, 6.45) is 1.84. The molecule has 0 aliphatic carbocycles. The SMILES string of the molecule is Cc1cccc(-c2cc3nccc(-c4cccc(C)c4)c3o2)c1. The number of fused-ring (bicyclic) bond motifs is 1. The molecule has 2 nitrogen and oxygen atoms in total. The van der Waals surface area contributed by atoms with Crippen molar-refractivity contribution < 1.29 is 4.42 Å². The Morgan fingerprint density at radius 1 is 0.783 bits per heavy atom. The van der Waals surface area contributed by atoms with Crippen LogP contribution in [0.2, 0.25) is 0 Å². The second-order valence-corrected chi connectivity index (χ2v) is 5.92. The zero-order valence-corrected chi connectivity index (χ0v) is 13.2. The third-order valence-corrected chi connectivity index (χ3v) is 4.04. The second kappa shape index (κ2) is 5.40. The lowest BCUT2D eigenvalue weighted by molar-refractivity contribution is 0.632. The number of aryl methyl sites for hydroxylation is 2. The molecule has 23 heavy (non-hydrogen) atoms. The molecular weight excluding hydrogens is 282 g/mol. The molecule has 0 radical (unpaired) electrons. The summed E-state index contributed by atoms with van der Waals surface area (Å²) in [6.45, 7) is 4.19. The quantitative estimate of drug-likeness (QED) is 0.469. The molecule has 4 rings (SSSR count). The number of hydrogen-bond acceptors (Lipinski definition) is 2. The van der Waals surface area contributed by atoms with Crippen LogP contribution in [0.25, 0.3) is 33.6 Å². The lowest BCUT2D eigenvalue weighted by atomic mass is 10.0. The maximum Gasteiger partial charge on any atom is 0.161 e. The Hall–Kier alpha value is -2.87. The predicted octanol–water partition coefficient (Wildman–Crippen LogP) is 5.78. The number of hydrogen-bond donors (Lipinski definition) is 0. The summed E-state index contributed by atoms with van der Waals surface area (Å²) >= 11 is 0. The Bertz CT molecular complexity index is 998. The number of furan rings is 1. The fraction of sp³-hybridized carbons (Fsp3) is 0.0952. The molecule has 0 atom stereocenters. The summed E-state index contributed by atoms with van der Waals surface area (Å²) in [4.78, 5) is 4.46. The van der Waals surface area contributed by atoms with E-state index in [1.807, 2.05) is 24.4 Å². The minimum absolute atomic E-state index is 0.842. The van der Waals surface area contributed by atoms with Gasteiger partial charge in [-0.1, -0.05) is 53.6 Å². The Labute approximate surface area is 135 Å². The maximum absolute atomic E-state index is 6.17. The molecule has 0 unspecified atom stereocenters. The van der Waals surface area contributed by atoms with Gasteiger partial charge < -0.3 is 4.42 Å². The Kier molecular flexibility index (Phi) is 3.23. The molecule has 0 saturated carbocycles. The van der Waals surface area contributed by atoms with Gasteiger partial charge >= 0.3 is 0 Å². The van der Waals surface area contributed by atoms with Crippen molar-refractivity contribution in [1.29, 1.82) is 0 Å². The van der Waals surface area contributed by atoms with Gasteiger partial charge in [0.25, 0.3) is 0 Å². The van der Waals surface area contributed by atoms with Crippen molar-refractivity contribution in [1.82, 2.24) is 4.98 Å². The number of nitrogens with zero attached hydrogens (tertiary/aromatic N) is 1. The van der Waals surface area contributed by atoms with E-state index < -0.39 is 0 Å². The average Bonchev–Trinajstić information content (AvgIpc) is 2.99. The van der Waals surface area contributed by atoms with Gasteiger partial charge in [-0.3, -0.25) is 4.98 Å². The topological polar surface area (TPSA) is 26.0 Å². The van der Waals surface area contributed by atoms with Crippen LogP contribution in [-0.2, 0) is 0 Å². The number of pyridine rings is 1. The fourth-order valence-electron chi connectivity index (χ4n) is 2.92. The summed E-state index contributed by atoms with van der Waals surface area (Å²) in [5, 5.41) is 0. The molecule has 0 fully saturated rings. The lowest BCUT2D eigenvalue weighted by Gasteiger charge is -2.03. The van der Waals surface area contributed by atoms with Gasteiger partial charge in [-0.15, -0.1) is 0 Å². The molecule has 0 saturated heterocycles. The zero-order valence-electron chi connectivity index (χ0n) is 13.2. The first kappa shape index (κ1) is 13.8. The van der Waals surface area contributed by atoms with E-state index in [1.54, 1.807) is 0 Å². The molecule has 2 aromatic carbocycles. The van der Waals surface area contributed by atoms with E-state index in [4.69, 9.17) is 4.42 Å². The molecule has 0 spiro atoms. The van der Waals surface area contributed by atoms with E-state index in [0.717, 1.165) is 33.6 Å². The van der Waals surface area contributed by atoms with Crippen molar-refractivity contribution in [3.8, 4) is 22.5 Å².